The Balaban J connectivity index is 2.03. The Morgan fingerprint density at radius 1 is 1.40 bits per heavy atom. The molecule has 2 atom stereocenters. The van der Waals surface area contributed by atoms with Gasteiger partial charge in [-0.25, -0.2) is 4.99 Å². The number of nitrogens with zero attached hydrogens (tertiary/aromatic N) is 1. The Morgan fingerprint density at radius 3 is 2.70 bits per heavy atom. The highest BCUT2D eigenvalue weighted by molar-refractivity contribution is 5.88. The lowest BCUT2D eigenvalue weighted by atomic mass is 10.0. The number of amides is 1. The molecule has 108 valence electrons. The van der Waals surface area contributed by atoms with Crippen LogP contribution in [0.25, 0.3) is 0 Å². The second-order valence-corrected chi connectivity index (χ2v) is 5.54. The molecule has 0 saturated heterocycles. The Morgan fingerprint density at radius 2 is 2.10 bits per heavy atom. The summed E-state index contributed by atoms with van der Waals surface area (Å²) in [5.74, 6) is 0.866. The van der Waals surface area contributed by atoms with Crippen molar-refractivity contribution in [1.29, 1.82) is 0 Å². The molecule has 1 amide bonds. The van der Waals surface area contributed by atoms with Crippen LogP contribution in [0.5, 0.6) is 0 Å². The first-order valence-corrected chi connectivity index (χ1v) is 7.07. The number of hydrogen-bond donors (Lipinski definition) is 1. The highest BCUT2D eigenvalue weighted by Crippen LogP contribution is 2.16. The number of carbonyl (C=O) groups is 1. The van der Waals surface area contributed by atoms with E-state index in [2.05, 4.69) is 36.3 Å². The quantitative estimate of drug-likeness (QED) is 0.894. The topological polar surface area (TPSA) is 50.7 Å². The van der Waals surface area contributed by atoms with E-state index in [4.69, 9.17) is 4.74 Å². The van der Waals surface area contributed by atoms with E-state index in [1.165, 1.54) is 12.5 Å². The van der Waals surface area contributed by atoms with E-state index >= 15 is 0 Å². The van der Waals surface area contributed by atoms with Crippen LogP contribution < -0.4 is 5.32 Å². The summed E-state index contributed by atoms with van der Waals surface area (Å²) in [4.78, 5) is 15.9. The molecule has 4 heteroatoms. The van der Waals surface area contributed by atoms with Crippen molar-refractivity contribution in [2.75, 3.05) is 6.61 Å². The van der Waals surface area contributed by atoms with E-state index in [1.807, 2.05) is 18.2 Å². The zero-order valence-electron chi connectivity index (χ0n) is 12.3. The number of aliphatic imine (C=N–C) groups is 1. The molecular weight excluding hydrogens is 252 g/mol. The van der Waals surface area contributed by atoms with Gasteiger partial charge in [-0.1, -0.05) is 44.2 Å². The van der Waals surface area contributed by atoms with Gasteiger partial charge in [-0.2, -0.15) is 0 Å². The van der Waals surface area contributed by atoms with E-state index < -0.39 is 0 Å². The summed E-state index contributed by atoms with van der Waals surface area (Å²) < 4.78 is 5.70. The van der Waals surface area contributed by atoms with Gasteiger partial charge in [-0.05, 0) is 17.9 Å². The zero-order valence-corrected chi connectivity index (χ0v) is 12.3. The molecule has 4 nitrogen and oxygen atoms in total. The van der Waals surface area contributed by atoms with Crippen molar-refractivity contribution in [2.24, 2.45) is 10.9 Å². The number of rotatable bonds is 5. The molecule has 1 N–H and O–H groups in total. The second-order valence-electron chi connectivity index (χ2n) is 5.54. The summed E-state index contributed by atoms with van der Waals surface area (Å²) in [6.45, 7) is 6.22. The summed E-state index contributed by atoms with van der Waals surface area (Å²) in [6.07, 6.45) is 0.870. The van der Waals surface area contributed by atoms with Gasteiger partial charge in [0.1, 0.15) is 12.6 Å². The van der Waals surface area contributed by atoms with Crippen LogP contribution in [-0.2, 0) is 16.0 Å². The highest BCUT2D eigenvalue weighted by atomic mass is 16.5. The van der Waals surface area contributed by atoms with E-state index in [0.717, 1.165) is 6.42 Å². The summed E-state index contributed by atoms with van der Waals surface area (Å²) in [7, 11) is 0. The minimum atomic E-state index is -0.131. The van der Waals surface area contributed by atoms with Crippen LogP contribution in [0.15, 0.2) is 35.3 Å². The van der Waals surface area contributed by atoms with Crippen molar-refractivity contribution < 1.29 is 9.53 Å². The molecule has 0 aromatic heterocycles. The first-order valence-electron chi connectivity index (χ1n) is 7.07. The van der Waals surface area contributed by atoms with Crippen LogP contribution in [-0.4, -0.2) is 30.5 Å². The van der Waals surface area contributed by atoms with E-state index in [9.17, 15) is 4.79 Å². The molecule has 1 aliphatic heterocycles. The molecule has 0 unspecified atom stereocenters. The summed E-state index contributed by atoms with van der Waals surface area (Å²) in [6, 6.07) is 10.3. The Labute approximate surface area is 120 Å². The molecule has 0 aliphatic carbocycles. The molecule has 2 rings (SSSR count). The molecule has 1 aromatic carbocycles. The van der Waals surface area contributed by atoms with Gasteiger partial charge in [-0.3, -0.25) is 4.79 Å². The molecule has 0 bridgehead atoms. The third-order valence-electron chi connectivity index (χ3n) is 3.34. The Kier molecular flexibility index (Phi) is 4.77. The van der Waals surface area contributed by atoms with Crippen molar-refractivity contribution in [2.45, 2.75) is 39.3 Å². The van der Waals surface area contributed by atoms with Gasteiger partial charge < -0.3 is 10.1 Å². The second kappa shape index (κ2) is 6.55. The SMILES string of the molecule is CC(=O)N[C@H](C1=N[C@@H](Cc2ccccc2)CO1)C(C)C. The third-order valence-corrected chi connectivity index (χ3v) is 3.34. The largest absolute Gasteiger partial charge is 0.477 e. The zero-order chi connectivity index (χ0) is 14.5. The molecule has 1 heterocycles. The van der Waals surface area contributed by atoms with Crippen molar-refractivity contribution >= 4 is 11.8 Å². The van der Waals surface area contributed by atoms with Gasteiger partial charge in [0.2, 0.25) is 11.8 Å². The average molecular weight is 274 g/mol. The van der Waals surface area contributed by atoms with Gasteiger partial charge in [0, 0.05) is 6.92 Å². The van der Waals surface area contributed by atoms with Crippen LogP contribution in [0.1, 0.15) is 26.3 Å². The van der Waals surface area contributed by atoms with Gasteiger partial charge in [0.05, 0.1) is 6.04 Å². The maximum absolute atomic E-state index is 11.3. The highest BCUT2D eigenvalue weighted by Gasteiger charge is 2.28. The van der Waals surface area contributed by atoms with E-state index in [-0.39, 0.29) is 23.9 Å². The fourth-order valence-electron chi connectivity index (χ4n) is 2.33. The first-order chi connectivity index (χ1) is 9.56. The number of ether oxygens (including phenoxy) is 1. The summed E-state index contributed by atoms with van der Waals surface area (Å²) in [5.41, 5.74) is 1.26. The molecule has 1 aromatic rings. The fourth-order valence-corrected chi connectivity index (χ4v) is 2.33. The van der Waals surface area contributed by atoms with Crippen LogP contribution in [0.2, 0.25) is 0 Å². The fraction of sp³-hybridized carbons (Fsp3) is 0.500. The smallest absolute Gasteiger partial charge is 0.217 e. The predicted octanol–water partition coefficient (Wildman–Crippen LogP) is 2.19. The van der Waals surface area contributed by atoms with Crippen molar-refractivity contribution in [3.8, 4) is 0 Å². The minimum absolute atomic E-state index is 0.0542. The summed E-state index contributed by atoms with van der Waals surface area (Å²) in [5, 5.41) is 2.91. The van der Waals surface area contributed by atoms with Crippen LogP contribution in [0.4, 0.5) is 0 Å². The predicted molar refractivity (Wildman–Crippen MR) is 79.8 cm³/mol. The molecule has 1 aliphatic rings. The molecular formula is C16H22N2O2. The van der Waals surface area contributed by atoms with Crippen LogP contribution >= 0.6 is 0 Å². The first kappa shape index (κ1) is 14.6. The van der Waals surface area contributed by atoms with Crippen molar-refractivity contribution in [3.63, 3.8) is 0 Å². The standard InChI is InChI=1S/C16H22N2O2/c1-11(2)15(17-12(3)19)16-18-14(10-20-16)9-13-7-5-4-6-8-13/h4-8,11,14-15H,9-10H2,1-3H3,(H,17,19)/t14-,15-/m0/s1. The van der Waals surface area contributed by atoms with E-state index in [0.29, 0.717) is 12.5 Å². The molecule has 0 spiro atoms. The average Bonchev–Trinajstić information content (AvgIpc) is 2.85. The van der Waals surface area contributed by atoms with Gasteiger partial charge in [-0.15, -0.1) is 0 Å². The Hall–Kier alpha value is -1.84. The van der Waals surface area contributed by atoms with Crippen LogP contribution in [0, 0.1) is 5.92 Å². The van der Waals surface area contributed by atoms with Gasteiger partial charge in [0.15, 0.2) is 0 Å². The van der Waals surface area contributed by atoms with Crippen LogP contribution in [0.3, 0.4) is 0 Å². The Bertz CT molecular complexity index is 483. The molecule has 0 fully saturated rings. The number of nitrogens with one attached hydrogen (secondary N) is 1. The summed E-state index contributed by atoms with van der Waals surface area (Å²) >= 11 is 0. The van der Waals surface area contributed by atoms with E-state index in [1.54, 1.807) is 0 Å². The number of hydrogen-bond acceptors (Lipinski definition) is 3. The normalized spacial score (nSPS) is 19.4. The molecule has 0 radical (unpaired) electrons. The number of carbonyl (C=O) groups excluding carboxylic acids is 1. The lowest BCUT2D eigenvalue weighted by molar-refractivity contribution is -0.119. The maximum Gasteiger partial charge on any atom is 0.217 e. The minimum Gasteiger partial charge on any atom is -0.477 e. The third kappa shape index (κ3) is 3.83. The van der Waals surface area contributed by atoms with Crippen molar-refractivity contribution in [3.05, 3.63) is 35.9 Å². The molecule has 0 saturated carbocycles. The molecule has 20 heavy (non-hydrogen) atoms. The van der Waals surface area contributed by atoms with Crippen molar-refractivity contribution in [1.82, 2.24) is 5.32 Å². The maximum atomic E-state index is 11.3. The lowest BCUT2D eigenvalue weighted by Gasteiger charge is -2.20. The monoisotopic (exact) mass is 274 g/mol. The van der Waals surface area contributed by atoms with Gasteiger partial charge in [0.25, 0.3) is 0 Å². The lowest BCUT2D eigenvalue weighted by Crippen LogP contribution is -2.43. The van der Waals surface area contributed by atoms with Gasteiger partial charge >= 0.3 is 0 Å². The number of benzene rings is 1.